The number of fused-ring (bicyclic) bond motifs is 3. The van der Waals surface area contributed by atoms with Crippen molar-refractivity contribution < 1.29 is 53.2 Å². The number of alkyl halides is 3. The average molecular weight is 461 g/mol. The number of unbranched alkanes of at least 4 members (excludes halogenated alkanes) is 1. The molecular weight excluding hydrogens is 441 g/mol. The van der Waals surface area contributed by atoms with Gasteiger partial charge in [-0.3, -0.25) is 9.59 Å². The standard InChI is InChI=1S/C20H18F3NO2.2H2O.Zn/c1-2-3-10-24-16-7-5-4-6-14(16)15-11-13(8-9-17(15)24)18(25)12-19(26)20(21,22)23;;;/h4-9,11H,2-3,10,12H2,1H3;2*1H2;/q;;;+2/p-2. The molecule has 0 aliphatic heterocycles. The molecule has 1 heterocycles. The zero-order valence-electron chi connectivity index (χ0n) is 15.9. The van der Waals surface area contributed by atoms with Crippen LogP contribution < -0.4 is 0 Å². The van der Waals surface area contributed by atoms with E-state index in [1.54, 1.807) is 12.1 Å². The van der Waals surface area contributed by atoms with Gasteiger partial charge in [0, 0.05) is 33.9 Å². The van der Waals surface area contributed by atoms with Crippen molar-refractivity contribution in [3.8, 4) is 0 Å². The molecule has 152 valence electrons. The maximum atomic E-state index is 12.4. The van der Waals surface area contributed by atoms with Gasteiger partial charge in [-0.15, -0.1) is 0 Å². The molecule has 1 aromatic heterocycles. The maximum Gasteiger partial charge on any atom is 2.00 e. The first kappa shape index (κ1) is 26.9. The Balaban J connectivity index is 0.00000261. The monoisotopic (exact) mass is 459 g/mol. The second-order valence-electron chi connectivity index (χ2n) is 6.28. The number of para-hydroxylation sites is 1. The van der Waals surface area contributed by atoms with Gasteiger partial charge < -0.3 is 15.5 Å². The Morgan fingerprint density at radius 2 is 1.59 bits per heavy atom. The minimum atomic E-state index is -4.99. The molecule has 9 heteroatoms. The van der Waals surface area contributed by atoms with Crippen molar-refractivity contribution in [2.75, 3.05) is 0 Å². The number of carbonyl (C=O) groups excluding carboxylic acids is 2. The van der Waals surface area contributed by atoms with E-state index in [1.807, 2.05) is 24.3 Å². The average Bonchev–Trinajstić information content (AvgIpc) is 2.92. The fourth-order valence-corrected chi connectivity index (χ4v) is 3.13. The number of aromatic nitrogens is 1. The van der Waals surface area contributed by atoms with E-state index < -0.39 is 24.2 Å². The van der Waals surface area contributed by atoms with Crippen molar-refractivity contribution in [1.29, 1.82) is 0 Å². The molecule has 0 amide bonds. The first-order valence-electron chi connectivity index (χ1n) is 8.47. The number of hydrogen-bond acceptors (Lipinski definition) is 4. The van der Waals surface area contributed by atoms with Crippen molar-refractivity contribution in [3.05, 3.63) is 48.0 Å². The number of aryl methyl sites for hydroxylation is 1. The van der Waals surface area contributed by atoms with Gasteiger partial charge in [0.15, 0.2) is 5.78 Å². The summed E-state index contributed by atoms with van der Waals surface area (Å²) in [6, 6.07) is 12.6. The number of halogens is 3. The van der Waals surface area contributed by atoms with Crippen molar-refractivity contribution in [1.82, 2.24) is 4.57 Å². The summed E-state index contributed by atoms with van der Waals surface area (Å²) in [5.74, 6) is -2.84. The molecule has 0 radical (unpaired) electrons. The molecule has 0 saturated heterocycles. The van der Waals surface area contributed by atoms with Gasteiger partial charge in [0.2, 0.25) is 5.78 Å². The molecule has 2 aromatic carbocycles. The predicted octanol–water partition coefficient (Wildman–Crippen LogP) is 4.94. The second kappa shape index (κ2) is 10.6. The number of ketones is 2. The largest absolute Gasteiger partial charge is 2.00 e. The van der Waals surface area contributed by atoms with Gasteiger partial charge >= 0.3 is 25.7 Å². The Kier molecular flexibility index (Phi) is 9.86. The van der Waals surface area contributed by atoms with Crippen molar-refractivity contribution in [2.24, 2.45) is 0 Å². The van der Waals surface area contributed by atoms with Crippen LogP contribution in [0.15, 0.2) is 42.5 Å². The summed E-state index contributed by atoms with van der Waals surface area (Å²) >= 11 is 0. The molecule has 0 spiro atoms. The number of Topliss-reactive ketones (excluding diaryl/α,β-unsaturated/α-hetero) is 2. The van der Waals surface area contributed by atoms with Gasteiger partial charge in [-0.1, -0.05) is 31.5 Å². The molecular formula is C20H20F3NO4Zn. The summed E-state index contributed by atoms with van der Waals surface area (Å²) in [7, 11) is 0. The van der Waals surface area contributed by atoms with Crippen molar-refractivity contribution >= 4 is 33.4 Å². The van der Waals surface area contributed by atoms with Gasteiger partial charge in [-0.25, -0.2) is 0 Å². The molecule has 0 aliphatic rings. The van der Waals surface area contributed by atoms with Crippen LogP contribution >= 0.6 is 0 Å². The quantitative estimate of drug-likeness (QED) is 0.295. The van der Waals surface area contributed by atoms with Gasteiger partial charge in [0.25, 0.3) is 0 Å². The van der Waals surface area contributed by atoms with E-state index in [-0.39, 0.29) is 36.0 Å². The Bertz CT molecular complexity index is 998. The molecule has 0 unspecified atom stereocenters. The van der Waals surface area contributed by atoms with Gasteiger partial charge in [-0.05, 0) is 30.7 Å². The molecule has 5 nitrogen and oxygen atoms in total. The number of carbonyl (C=O) groups is 2. The Morgan fingerprint density at radius 1 is 0.966 bits per heavy atom. The van der Waals surface area contributed by atoms with E-state index in [0.29, 0.717) is 0 Å². The molecule has 3 aromatic rings. The zero-order valence-corrected chi connectivity index (χ0v) is 18.8. The van der Waals surface area contributed by atoms with Gasteiger partial charge in [-0.2, -0.15) is 13.2 Å². The van der Waals surface area contributed by atoms with Gasteiger partial charge in [0.05, 0.1) is 6.42 Å². The van der Waals surface area contributed by atoms with E-state index in [1.165, 1.54) is 6.07 Å². The van der Waals surface area contributed by atoms with E-state index in [0.717, 1.165) is 41.2 Å². The SMILES string of the molecule is CCCCn1c2ccccc2c2cc(C(=O)CC(=O)C(F)(F)F)ccc21.[OH-].[OH-].[Zn+2]. The summed E-state index contributed by atoms with van der Waals surface area (Å²) < 4.78 is 39.4. The Hall–Kier alpha value is -2.09. The van der Waals surface area contributed by atoms with Crippen LogP contribution in [0.25, 0.3) is 21.8 Å². The summed E-state index contributed by atoms with van der Waals surface area (Å²) in [6.07, 6.45) is -4.13. The maximum absolute atomic E-state index is 12.4. The topological polar surface area (TPSA) is 99.1 Å². The van der Waals surface area contributed by atoms with E-state index in [4.69, 9.17) is 0 Å². The van der Waals surface area contributed by atoms with E-state index in [9.17, 15) is 22.8 Å². The van der Waals surface area contributed by atoms with Crippen LogP contribution in [0.3, 0.4) is 0 Å². The first-order valence-corrected chi connectivity index (χ1v) is 8.47. The Labute approximate surface area is 178 Å². The van der Waals surface area contributed by atoms with Crippen LogP contribution in [0.4, 0.5) is 13.2 Å². The van der Waals surface area contributed by atoms with Crippen molar-refractivity contribution in [2.45, 2.75) is 38.9 Å². The third kappa shape index (κ3) is 5.50. The van der Waals surface area contributed by atoms with Crippen LogP contribution in [-0.4, -0.2) is 33.3 Å². The summed E-state index contributed by atoms with van der Waals surface area (Å²) in [4.78, 5) is 23.2. The molecule has 0 fully saturated rings. The smallest absolute Gasteiger partial charge is 0.870 e. The third-order valence-electron chi connectivity index (χ3n) is 4.47. The van der Waals surface area contributed by atoms with Crippen LogP contribution in [-0.2, 0) is 30.8 Å². The van der Waals surface area contributed by atoms with Crippen molar-refractivity contribution in [3.63, 3.8) is 0 Å². The van der Waals surface area contributed by atoms with Crippen LogP contribution in [0, 0.1) is 0 Å². The number of nitrogens with zero attached hydrogens (tertiary/aromatic N) is 1. The summed E-state index contributed by atoms with van der Waals surface area (Å²) in [6.45, 7) is 2.92. The number of benzene rings is 2. The number of rotatable bonds is 6. The molecule has 3 rings (SSSR count). The fourth-order valence-electron chi connectivity index (χ4n) is 3.13. The molecule has 0 bridgehead atoms. The normalized spacial score (nSPS) is 10.8. The molecule has 2 N–H and O–H groups in total. The summed E-state index contributed by atoms with van der Waals surface area (Å²) in [5.41, 5.74) is 2.07. The predicted molar refractivity (Wildman–Crippen MR) is 98.2 cm³/mol. The molecule has 29 heavy (non-hydrogen) atoms. The minimum absolute atomic E-state index is 0. The van der Waals surface area contributed by atoms with E-state index in [2.05, 4.69) is 11.5 Å². The van der Waals surface area contributed by atoms with Crippen LogP contribution in [0.5, 0.6) is 0 Å². The molecule has 0 atom stereocenters. The third-order valence-corrected chi connectivity index (χ3v) is 4.47. The Morgan fingerprint density at radius 3 is 2.21 bits per heavy atom. The fraction of sp³-hybridized carbons (Fsp3) is 0.300. The first-order chi connectivity index (χ1) is 12.3. The van der Waals surface area contributed by atoms with Crippen LogP contribution in [0.2, 0.25) is 0 Å². The van der Waals surface area contributed by atoms with E-state index >= 15 is 0 Å². The zero-order chi connectivity index (χ0) is 18.9. The minimum Gasteiger partial charge on any atom is -0.870 e. The second-order valence-corrected chi connectivity index (χ2v) is 6.28. The number of hydrogen-bond donors (Lipinski definition) is 0. The summed E-state index contributed by atoms with van der Waals surface area (Å²) in [5, 5.41) is 1.75. The molecule has 0 aliphatic carbocycles. The molecule has 0 saturated carbocycles. The van der Waals surface area contributed by atoms with Crippen LogP contribution in [0.1, 0.15) is 36.5 Å². The van der Waals surface area contributed by atoms with Gasteiger partial charge in [0.1, 0.15) is 0 Å².